The molecule has 0 heterocycles. The maximum atomic E-state index is 12.0. The van der Waals surface area contributed by atoms with E-state index in [1.807, 2.05) is 0 Å². The number of carbonyl (C=O) groups excluding carboxylic acids is 2. The van der Waals surface area contributed by atoms with E-state index in [4.69, 9.17) is 27.9 Å². The molecule has 2 aromatic rings. The summed E-state index contributed by atoms with van der Waals surface area (Å²) in [4.78, 5) is 23.7. The molecule has 2 rings (SSSR count). The molecule has 0 atom stereocenters. The zero-order valence-corrected chi connectivity index (χ0v) is 14.4. The van der Waals surface area contributed by atoms with Crippen LogP contribution in [0.2, 0.25) is 10.0 Å². The lowest BCUT2D eigenvalue weighted by molar-refractivity contribution is -0.115. The van der Waals surface area contributed by atoms with Crippen LogP contribution in [-0.4, -0.2) is 25.5 Å². The highest BCUT2D eigenvalue weighted by atomic mass is 35.5. The molecule has 0 aliphatic carbocycles. The summed E-state index contributed by atoms with van der Waals surface area (Å²) < 4.78 is 4.72. The summed E-state index contributed by atoms with van der Waals surface area (Å²) in [5.41, 5.74) is 1.53. The highest BCUT2D eigenvalue weighted by molar-refractivity contribution is 6.36. The average Bonchev–Trinajstić information content (AvgIpc) is 2.57. The van der Waals surface area contributed by atoms with Crippen molar-refractivity contribution < 1.29 is 14.3 Å². The second kappa shape index (κ2) is 8.57. The Balaban J connectivity index is 1.90. The number of benzene rings is 2. The largest absolute Gasteiger partial charge is 0.465 e. The van der Waals surface area contributed by atoms with Gasteiger partial charge in [-0.1, -0.05) is 35.3 Å². The van der Waals surface area contributed by atoms with E-state index in [2.05, 4.69) is 10.6 Å². The number of esters is 1. The van der Waals surface area contributed by atoms with Crippen molar-refractivity contribution in [2.75, 3.05) is 24.3 Å². The molecule has 0 saturated heterocycles. The topological polar surface area (TPSA) is 67.4 Å². The number of amides is 1. The number of halogens is 2. The van der Waals surface area contributed by atoms with Gasteiger partial charge in [-0.15, -0.1) is 0 Å². The third-order valence-electron chi connectivity index (χ3n) is 3.21. The van der Waals surface area contributed by atoms with Crippen molar-refractivity contribution in [2.24, 2.45) is 0 Å². The number of rotatable bonds is 6. The van der Waals surface area contributed by atoms with E-state index in [9.17, 15) is 9.59 Å². The summed E-state index contributed by atoms with van der Waals surface area (Å²) in [6.07, 6.45) is 0.203. The molecular weight excluding hydrogens is 351 g/mol. The van der Waals surface area contributed by atoms with E-state index in [1.165, 1.54) is 7.11 Å². The molecule has 0 aromatic heterocycles. The standard InChI is InChI=1S/C17H16Cl2N2O3/c1-24-17(23)12-4-2-3-5-14(12)20-9-8-16(22)21-15-7-6-11(18)10-13(15)19/h2-7,10,20H,8-9H2,1H3,(H,21,22). The van der Waals surface area contributed by atoms with E-state index < -0.39 is 5.97 Å². The zero-order valence-electron chi connectivity index (χ0n) is 12.9. The van der Waals surface area contributed by atoms with Crippen LogP contribution in [0.1, 0.15) is 16.8 Å². The first-order valence-electron chi connectivity index (χ1n) is 7.17. The lowest BCUT2D eigenvalue weighted by Gasteiger charge is -2.11. The van der Waals surface area contributed by atoms with Gasteiger partial charge in [-0.3, -0.25) is 4.79 Å². The number of ether oxygens (including phenoxy) is 1. The number of carbonyl (C=O) groups is 2. The van der Waals surface area contributed by atoms with Crippen molar-refractivity contribution in [2.45, 2.75) is 6.42 Å². The molecule has 1 amide bonds. The normalized spacial score (nSPS) is 10.1. The first-order valence-corrected chi connectivity index (χ1v) is 7.93. The molecule has 5 nitrogen and oxygen atoms in total. The molecular formula is C17H16Cl2N2O3. The summed E-state index contributed by atoms with van der Waals surface area (Å²) in [6, 6.07) is 11.8. The van der Waals surface area contributed by atoms with Gasteiger partial charge in [0.2, 0.25) is 5.91 Å². The molecule has 0 aliphatic heterocycles. The Morgan fingerprint density at radius 1 is 1.08 bits per heavy atom. The van der Waals surface area contributed by atoms with Crippen LogP contribution in [0.4, 0.5) is 11.4 Å². The predicted octanol–water partition coefficient (Wildman–Crippen LogP) is 4.22. The molecule has 24 heavy (non-hydrogen) atoms. The highest BCUT2D eigenvalue weighted by Gasteiger charge is 2.11. The van der Waals surface area contributed by atoms with Gasteiger partial charge in [-0.05, 0) is 30.3 Å². The van der Waals surface area contributed by atoms with Crippen LogP contribution in [0.3, 0.4) is 0 Å². The van der Waals surface area contributed by atoms with Crippen LogP contribution < -0.4 is 10.6 Å². The first kappa shape index (κ1) is 18.1. The lowest BCUT2D eigenvalue weighted by atomic mass is 10.2. The molecule has 7 heteroatoms. The maximum Gasteiger partial charge on any atom is 0.339 e. The number of anilines is 2. The summed E-state index contributed by atoms with van der Waals surface area (Å²) in [6.45, 7) is 0.352. The van der Waals surface area contributed by atoms with Crippen LogP contribution in [-0.2, 0) is 9.53 Å². The minimum Gasteiger partial charge on any atom is -0.465 e. The molecule has 126 valence electrons. The Labute approximate surface area is 149 Å². The lowest BCUT2D eigenvalue weighted by Crippen LogP contribution is -2.17. The number of methoxy groups -OCH3 is 1. The van der Waals surface area contributed by atoms with Crippen LogP contribution in [0.5, 0.6) is 0 Å². The molecule has 2 N–H and O–H groups in total. The second-order valence-electron chi connectivity index (χ2n) is 4.89. The third kappa shape index (κ3) is 4.88. The number of para-hydroxylation sites is 1. The summed E-state index contributed by atoms with van der Waals surface area (Å²) in [5.74, 6) is -0.641. The van der Waals surface area contributed by atoms with Crippen LogP contribution in [0.25, 0.3) is 0 Å². The van der Waals surface area contributed by atoms with Crippen molar-refractivity contribution in [3.63, 3.8) is 0 Å². The van der Waals surface area contributed by atoms with Crippen molar-refractivity contribution in [3.8, 4) is 0 Å². The molecule has 0 radical (unpaired) electrons. The molecule has 0 spiro atoms. The fourth-order valence-electron chi connectivity index (χ4n) is 2.04. The van der Waals surface area contributed by atoms with Crippen LogP contribution >= 0.6 is 23.2 Å². The van der Waals surface area contributed by atoms with Crippen molar-refractivity contribution >= 4 is 46.5 Å². The maximum absolute atomic E-state index is 12.0. The van der Waals surface area contributed by atoms with Crippen LogP contribution in [0.15, 0.2) is 42.5 Å². The van der Waals surface area contributed by atoms with Gasteiger partial charge in [0, 0.05) is 23.7 Å². The minimum absolute atomic E-state index is 0.203. The van der Waals surface area contributed by atoms with Crippen molar-refractivity contribution in [3.05, 3.63) is 58.1 Å². The number of hydrogen-bond acceptors (Lipinski definition) is 4. The molecule has 2 aromatic carbocycles. The van der Waals surface area contributed by atoms with Gasteiger partial charge < -0.3 is 15.4 Å². The second-order valence-corrected chi connectivity index (χ2v) is 5.73. The van der Waals surface area contributed by atoms with Gasteiger partial charge in [0.15, 0.2) is 0 Å². The minimum atomic E-state index is -0.435. The summed E-state index contributed by atoms with van der Waals surface area (Å²) in [7, 11) is 1.32. The quantitative estimate of drug-likeness (QED) is 0.751. The van der Waals surface area contributed by atoms with E-state index in [1.54, 1.807) is 42.5 Å². The molecule has 0 aliphatic rings. The van der Waals surface area contributed by atoms with E-state index >= 15 is 0 Å². The number of nitrogens with one attached hydrogen (secondary N) is 2. The van der Waals surface area contributed by atoms with Gasteiger partial charge in [0.05, 0.1) is 23.4 Å². The van der Waals surface area contributed by atoms with E-state index in [-0.39, 0.29) is 12.3 Å². The Morgan fingerprint density at radius 3 is 2.54 bits per heavy atom. The van der Waals surface area contributed by atoms with Crippen molar-refractivity contribution in [1.82, 2.24) is 0 Å². The predicted molar refractivity (Wildman–Crippen MR) is 96.0 cm³/mol. The third-order valence-corrected chi connectivity index (χ3v) is 3.75. The zero-order chi connectivity index (χ0) is 17.5. The molecule has 0 unspecified atom stereocenters. The molecule has 0 saturated carbocycles. The fourth-order valence-corrected chi connectivity index (χ4v) is 2.50. The van der Waals surface area contributed by atoms with Crippen LogP contribution in [0, 0.1) is 0 Å². The first-order chi connectivity index (χ1) is 11.5. The Kier molecular flexibility index (Phi) is 6.46. The molecule has 0 fully saturated rings. The van der Waals surface area contributed by atoms with Gasteiger partial charge in [-0.25, -0.2) is 4.79 Å². The highest BCUT2D eigenvalue weighted by Crippen LogP contribution is 2.25. The fraction of sp³-hybridized carbons (Fsp3) is 0.176. The average molecular weight is 367 g/mol. The molecule has 0 bridgehead atoms. The SMILES string of the molecule is COC(=O)c1ccccc1NCCC(=O)Nc1ccc(Cl)cc1Cl. The Bertz CT molecular complexity index is 750. The van der Waals surface area contributed by atoms with Gasteiger partial charge in [-0.2, -0.15) is 0 Å². The van der Waals surface area contributed by atoms with Gasteiger partial charge in [0.1, 0.15) is 0 Å². The Morgan fingerprint density at radius 2 is 1.83 bits per heavy atom. The smallest absolute Gasteiger partial charge is 0.339 e. The monoisotopic (exact) mass is 366 g/mol. The van der Waals surface area contributed by atoms with E-state index in [0.717, 1.165) is 0 Å². The van der Waals surface area contributed by atoms with Crippen molar-refractivity contribution in [1.29, 1.82) is 0 Å². The van der Waals surface area contributed by atoms with Gasteiger partial charge in [0.25, 0.3) is 0 Å². The summed E-state index contributed by atoms with van der Waals surface area (Å²) >= 11 is 11.8. The summed E-state index contributed by atoms with van der Waals surface area (Å²) in [5, 5.41) is 6.64. The Hall–Kier alpha value is -2.24. The number of hydrogen-bond donors (Lipinski definition) is 2. The van der Waals surface area contributed by atoms with Gasteiger partial charge >= 0.3 is 5.97 Å². The van der Waals surface area contributed by atoms with E-state index in [0.29, 0.717) is 33.5 Å².